The lowest BCUT2D eigenvalue weighted by atomic mass is 9.87. The van der Waals surface area contributed by atoms with Crippen molar-refractivity contribution in [2.45, 2.75) is 43.9 Å². The second-order valence-corrected chi connectivity index (χ2v) is 7.96. The number of carbonyl (C=O) groups is 2. The summed E-state index contributed by atoms with van der Waals surface area (Å²) in [5, 5.41) is 6.67. The van der Waals surface area contributed by atoms with Crippen LogP contribution in [0.15, 0.2) is 12.3 Å². The minimum absolute atomic E-state index is 0.0301. The van der Waals surface area contributed by atoms with Gasteiger partial charge in [0.15, 0.2) is 11.5 Å². The van der Waals surface area contributed by atoms with Crippen LogP contribution in [0.4, 0.5) is 18.0 Å². The molecule has 0 radical (unpaired) electrons. The largest absolute Gasteiger partial charge is 0.435 e. The number of hydrogen-bond donors (Lipinski definition) is 0. The van der Waals surface area contributed by atoms with Crippen LogP contribution < -0.4 is 0 Å². The highest BCUT2D eigenvalue weighted by Gasteiger charge is 2.40. The van der Waals surface area contributed by atoms with Gasteiger partial charge in [-0.15, -0.1) is 5.10 Å². The fourth-order valence-electron chi connectivity index (χ4n) is 4.62. The van der Waals surface area contributed by atoms with E-state index in [4.69, 9.17) is 4.74 Å². The molecule has 3 aliphatic heterocycles. The van der Waals surface area contributed by atoms with E-state index in [9.17, 15) is 22.8 Å². The first-order chi connectivity index (χ1) is 13.8. The van der Waals surface area contributed by atoms with E-state index >= 15 is 0 Å². The zero-order valence-electron chi connectivity index (χ0n) is 15.9. The second kappa shape index (κ2) is 7.89. The number of aromatic nitrogens is 2. The number of urea groups is 1. The lowest BCUT2D eigenvalue weighted by Crippen LogP contribution is -2.54. The molecule has 4 rings (SSSR count). The average Bonchev–Trinajstić information content (AvgIpc) is 2.72. The number of ketones is 1. The predicted octanol–water partition coefficient (Wildman–Crippen LogP) is 2.47. The highest BCUT2D eigenvalue weighted by molar-refractivity contribution is 5.81. The zero-order chi connectivity index (χ0) is 20.6. The smallest absolute Gasteiger partial charge is 0.370 e. The van der Waals surface area contributed by atoms with Gasteiger partial charge in [0.05, 0.1) is 6.10 Å². The van der Waals surface area contributed by atoms with Crippen molar-refractivity contribution in [2.75, 3.05) is 32.8 Å². The molecule has 0 saturated carbocycles. The molecule has 7 nitrogen and oxygen atoms in total. The van der Waals surface area contributed by atoms with Gasteiger partial charge >= 0.3 is 12.2 Å². The maximum Gasteiger partial charge on any atom is 0.435 e. The lowest BCUT2D eigenvalue weighted by Gasteiger charge is -2.43. The molecule has 29 heavy (non-hydrogen) atoms. The Hall–Kier alpha value is -2.23. The molecule has 3 saturated heterocycles. The van der Waals surface area contributed by atoms with Gasteiger partial charge in [0, 0.05) is 44.7 Å². The van der Waals surface area contributed by atoms with Gasteiger partial charge in [0.1, 0.15) is 6.61 Å². The molecular weight excluding hydrogens is 389 g/mol. The van der Waals surface area contributed by atoms with Gasteiger partial charge in [-0.3, -0.25) is 4.79 Å². The number of nitrogens with zero attached hydrogens (tertiary/aromatic N) is 4. The number of fused-ring (bicyclic) bond motifs is 1. The van der Waals surface area contributed by atoms with Crippen LogP contribution in [0.3, 0.4) is 0 Å². The van der Waals surface area contributed by atoms with Crippen molar-refractivity contribution in [3.63, 3.8) is 0 Å². The van der Waals surface area contributed by atoms with Crippen molar-refractivity contribution in [2.24, 2.45) is 5.92 Å². The third-order valence-electron chi connectivity index (χ3n) is 6.11. The first-order valence-corrected chi connectivity index (χ1v) is 9.89. The summed E-state index contributed by atoms with van der Waals surface area (Å²) in [5.41, 5.74) is -0.785. The van der Waals surface area contributed by atoms with Crippen LogP contribution in [0.25, 0.3) is 0 Å². The van der Waals surface area contributed by atoms with E-state index in [1.807, 2.05) is 0 Å². The number of halogens is 3. The van der Waals surface area contributed by atoms with E-state index in [1.54, 1.807) is 9.80 Å². The highest BCUT2D eigenvalue weighted by atomic mass is 19.4. The van der Waals surface area contributed by atoms with Crippen molar-refractivity contribution in [3.05, 3.63) is 23.5 Å². The van der Waals surface area contributed by atoms with Crippen LogP contribution in [-0.4, -0.2) is 70.7 Å². The number of piperidine rings is 2. The van der Waals surface area contributed by atoms with E-state index in [0.29, 0.717) is 51.9 Å². The van der Waals surface area contributed by atoms with Crippen molar-refractivity contribution < 1.29 is 27.5 Å². The summed E-state index contributed by atoms with van der Waals surface area (Å²) in [5.74, 6) is -0.210. The number of rotatable bonds is 1. The zero-order valence-corrected chi connectivity index (χ0v) is 15.9. The molecular formula is C19H23F3N4O3. The van der Waals surface area contributed by atoms with Gasteiger partial charge in [-0.05, 0) is 36.8 Å². The predicted molar refractivity (Wildman–Crippen MR) is 95.0 cm³/mol. The van der Waals surface area contributed by atoms with E-state index in [-0.39, 0.29) is 41.9 Å². The Bertz CT molecular complexity index is 780. The van der Waals surface area contributed by atoms with E-state index in [2.05, 4.69) is 10.2 Å². The monoisotopic (exact) mass is 412 g/mol. The molecule has 2 atom stereocenters. The summed E-state index contributed by atoms with van der Waals surface area (Å²) in [4.78, 5) is 28.0. The Morgan fingerprint density at radius 1 is 1.14 bits per heavy atom. The molecule has 158 valence electrons. The standard InChI is InChI=1S/C19H23F3N4O3/c20-19(21,22)17-15(1-5-23-24-17)12-2-6-25(7-3-12)18(28)26-8-4-16-13(10-26)9-14(27)11-29-16/h1,5,12-13,16H,2-4,6-11H2/t13-,16+/m1/s1. The summed E-state index contributed by atoms with van der Waals surface area (Å²) in [6, 6.07) is 1.27. The van der Waals surface area contributed by atoms with E-state index < -0.39 is 11.9 Å². The van der Waals surface area contributed by atoms with Gasteiger partial charge in [-0.1, -0.05) is 0 Å². The normalized spacial score (nSPS) is 26.4. The van der Waals surface area contributed by atoms with Crippen LogP contribution in [0.1, 0.15) is 42.9 Å². The van der Waals surface area contributed by atoms with Gasteiger partial charge in [0.2, 0.25) is 0 Å². The summed E-state index contributed by atoms with van der Waals surface area (Å²) in [7, 11) is 0. The fourth-order valence-corrected chi connectivity index (χ4v) is 4.62. The number of hydrogen-bond acceptors (Lipinski definition) is 5. The van der Waals surface area contributed by atoms with Crippen molar-refractivity contribution >= 4 is 11.8 Å². The Labute approximate surface area is 166 Å². The molecule has 0 unspecified atom stereocenters. The number of carbonyl (C=O) groups excluding carboxylic acids is 2. The topological polar surface area (TPSA) is 75.6 Å². The van der Waals surface area contributed by atoms with Gasteiger partial charge in [-0.25, -0.2) is 4.79 Å². The molecule has 10 heteroatoms. The lowest BCUT2D eigenvalue weighted by molar-refractivity contribution is -0.142. The molecule has 2 amide bonds. The third-order valence-corrected chi connectivity index (χ3v) is 6.11. The van der Waals surface area contributed by atoms with Gasteiger partial charge in [-0.2, -0.15) is 18.3 Å². The molecule has 3 aliphatic rings. The van der Waals surface area contributed by atoms with E-state index in [0.717, 1.165) is 0 Å². The number of ether oxygens (including phenoxy) is 1. The Morgan fingerprint density at radius 3 is 2.59 bits per heavy atom. The molecule has 0 aliphatic carbocycles. The summed E-state index contributed by atoms with van der Waals surface area (Å²) >= 11 is 0. The van der Waals surface area contributed by atoms with Crippen molar-refractivity contribution in [3.8, 4) is 0 Å². The average molecular weight is 412 g/mol. The molecule has 0 N–H and O–H groups in total. The molecule has 4 heterocycles. The maximum atomic E-state index is 13.2. The van der Waals surface area contributed by atoms with Crippen molar-refractivity contribution in [1.82, 2.24) is 20.0 Å². The SMILES string of the molecule is O=C1CO[C@H]2CCN(C(=O)N3CCC(c4ccnnc4C(F)(F)F)CC3)C[C@H]2C1. The van der Waals surface area contributed by atoms with Gasteiger partial charge in [0.25, 0.3) is 0 Å². The second-order valence-electron chi connectivity index (χ2n) is 7.96. The summed E-state index contributed by atoms with van der Waals surface area (Å²) in [6.45, 7) is 2.00. The maximum absolute atomic E-state index is 13.2. The Kier molecular flexibility index (Phi) is 5.46. The molecule has 1 aromatic rings. The van der Waals surface area contributed by atoms with Crippen LogP contribution in [0.2, 0.25) is 0 Å². The highest BCUT2D eigenvalue weighted by Crippen LogP contribution is 2.37. The third kappa shape index (κ3) is 4.22. The first kappa shape index (κ1) is 20.1. The number of Topliss-reactive ketones (excluding diaryl/α,β-unsaturated/α-hetero) is 1. The number of amides is 2. The summed E-state index contributed by atoms with van der Waals surface area (Å²) in [6.07, 6.45) is -1.20. The first-order valence-electron chi connectivity index (χ1n) is 9.89. The summed E-state index contributed by atoms with van der Waals surface area (Å²) < 4.78 is 45.2. The van der Waals surface area contributed by atoms with E-state index in [1.165, 1.54) is 12.3 Å². The Balaban J connectivity index is 1.37. The molecule has 0 aromatic carbocycles. The van der Waals surface area contributed by atoms with Crippen LogP contribution in [0, 0.1) is 5.92 Å². The van der Waals surface area contributed by atoms with Crippen molar-refractivity contribution in [1.29, 1.82) is 0 Å². The molecule has 0 spiro atoms. The quantitative estimate of drug-likeness (QED) is 0.709. The Morgan fingerprint density at radius 2 is 1.86 bits per heavy atom. The van der Waals surface area contributed by atoms with Gasteiger partial charge < -0.3 is 14.5 Å². The minimum Gasteiger partial charge on any atom is -0.370 e. The molecule has 0 bridgehead atoms. The van der Waals surface area contributed by atoms with Crippen LogP contribution in [-0.2, 0) is 15.7 Å². The van der Waals surface area contributed by atoms with Crippen LogP contribution >= 0.6 is 0 Å². The number of alkyl halides is 3. The fraction of sp³-hybridized carbons (Fsp3) is 0.684. The molecule has 1 aromatic heterocycles. The number of likely N-dealkylation sites (tertiary alicyclic amines) is 2. The molecule has 3 fully saturated rings. The minimum atomic E-state index is -4.54. The van der Waals surface area contributed by atoms with Crippen LogP contribution in [0.5, 0.6) is 0 Å².